The van der Waals surface area contributed by atoms with Crippen molar-refractivity contribution in [3.05, 3.63) is 63.2 Å². The lowest BCUT2D eigenvalue weighted by Gasteiger charge is -2.27. The Morgan fingerprint density at radius 2 is 1.73 bits per heavy atom. The fourth-order valence-corrected chi connectivity index (χ4v) is 4.79. The van der Waals surface area contributed by atoms with Gasteiger partial charge in [0.05, 0.1) is 31.7 Å². The molecule has 4 rings (SSSR count). The molecule has 0 N–H and O–H groups in total. The zero-order valence-corrected chi connectivity index (χ0v) is 18.9. The molecule has 0 atom stereocenters. The number of ether oxygens (including phenoxy) is 2. The summed E-state index contributed by atoms with van der Waals surface area (Å²) in [7, 11) is 1.69. The minimum absolute atomic E-state index is 0.718. The van der Waals surface area contributed by atoms with E-state index in [2.05, 4.69) is 28.5 Å². The van der Waals surface area contributed by atoms with Gasteiger partial charge in [-0.25, -0.2) is 4.99 Å². The summed E-state index contributed by atoms with van der Waals surface area (Å²) in [5, 5.41) is 0.718. The van der Waals surface area contributed by atoms with Gasteiger partial charge in [-0.3, -0.25) is 4.90 Å². The van der Waals surface area contributed by atoms with E-state index in [9.17, 15) is 0 Å². The summed E-state index contributed by atoms with van der Waals surface area (Å²) in [6.07, 6.45) is 0. The highest BCUT2D eigenvalue weighted by Crippen LogP contribution is 2.28. The Balaban J connectivity index is 1.73. The Morgan fingerprint density at radius 1 is 1.03 bits per heavy atom. The van der Waals surface area contributed by atoms with E-state index in [4.69, 9.17) is 26.1 Å². The van der Waals surface area contributed by atoms with Crippen LogP contribution in [-0.2, 0) is 11.3 Å². The normalized spacial score (nSPS) is 15.5. The first-order valence-corrected chi connectivity index (χ1v) is 11.3. The molecule has 0 unspecified atom stereocenters. The van der Waals surface area contributed by atoms with Gasteiger partial charge in [-0.05, 0) is 61.0 Å². The molecular weight excluding hydrogens is 418 g/mol. The van der Waals surface area contributed by atoms with Crippen molar-refractivity contribution in [2.45, 2.75) is 13.5 Å². The maximum atomic E-state index is 6.05. The number of hydrogen-bond acceptors (Lipinski definition) is 5. The van der Waals surface area contributed by atoms with E-state index in [1.165, 1.54) is 16.1 Å². The topological polar surface area (TPSA) is 39.0 Å². The van der Waals surface area contributed by atoms with Gasteiger partial charge in [-0.2, -0.15) is 0 Å². The molecule has 0 radical (unpaired) electrons. The van der Waals surface area contributed by atoms with Crippen LogP contribution >= 0.6 is 22.9 Å². The summed E-state index contributed by atoms with van der Waals surface area (Å²) < 4.78 is 13.2. The van der Waals surface area contributed by atoms with E-state index in [1.54, 1.807) is 18.4 Å². The molecule has 2 heterocycles. The van der Waals surface area contributed by atoms with Crippen molar-refractivity contribution in [3.8, 4) is 17.0 Å². The maximum Gasteiger partial charge on any atom is 0.190 e. The van der Waals surface area contributed by atoms with Crippen LogP contribution in [0.5, 0.6) is 5.75 Å². The predicted octanol–water partition coefficient (Wildman–Crippen LogP) is 4.75. The number of thiazole rings is 1. The number of hydrogen-bond donors (Lipinski definition) is 0. The van der Waals surface area contributed by atoms with Crippen LogP contribution in [0.2, 0.25) is 5.02 Å². The number of methoxy groups -OCH3 is 1. The van der Waals surface area contributed by atoms with Gasteiger partial charge < -0.3 is 14.0 Å². The molecule has 30 heavy (non-hydrogen) atoms. The largest absolute Gasteiger partial charge is 0.497 e. The molecule has 5 nitrogen and oxygen atoms in total. The summed E-state index contributed by atoms with van der Waals surface area (Å²) in [6, 6.07) is 15.9. The highest BCUT2D eigenvalue weighted by molar-refractivity contribution is 7.09. The first-order chi connectivity index (χ1) is 14.6. The maximum absolute atomic E-state index is 6.05. The Kier molecular flexibility index (Phi) is 6.89. The molecule has 0 bridgehead atoms. The highest BCUT2D eigenvalue weighted by atomic mass is 35.5. The molecule has 1 fully saturated rings. The third-order valence-corrected chi connectivity index (χ3v) is 6.48. The van der Waals surface area contributed by atoms with Crippen molar-refractivity contribution in [2.24, 2.45) is 4.99 Å². The van der Waals surface area contributed by atoms with Gasteiger partial charge in [0.1, 0.15) is 5.75 Å². The first-order valence-electron chi connectivity index (χ1n) is 10.1. The lowest BCUT2D eigenvalue weighted by atomic mass is 10.1. The lowest BCUT2D eigenvalue weighted by molar-refractivity contribution is 0.0363. The number of morpholine rings is 1. The molecule has 1 aliphatic heterocycles. The number of rotatable bonds is 6. The summed E-state index contributed by atoms with van der Waals surface area (Å²) in [5.74, 6) is 0.859. The van der Waals surface area contributed by atoms with E-state index in [0.29, 0.717) is 0 Å². The summed E-state index contributed by atoms with van der Waals surface area (Å²) in [4.78, 5) is 9.63. The molecule has 0 amide bonds. The first kappa shape index (κ1) is 21.1. The molecule has 0 spiro atoms. The van der Waals surface area contributed by atoms with Crippen LogP contribution in [-0.4, -0.2) is 49.4 Å². The van der Waals surface area contributed by atoms with Crippen molar-refractivity contribution in [3.63, 3.8) is 0 Å². The number of nitrogens with zero attached hydrogens (tertiary/aromatic N) is 3. The van der Waals surface area contributed by atoms with Crippen molar-refractivity contribution in [1.82, 2.24) is 9.47 Å². The average molecular weight is 444 g/mol. The van der Waals surface area contributed by atoms with Crippen molar-refractivity contribution in [1.29, 1.82) is 0 Å². The van der Waals surface area contributed by atoms with E-state index < -0.39 is 0 Å². The number of aryl methyl sites for hydroxylation is 1. The second-order valence-electron chi connectivity index (χ2n) is 7.21. The Morgan fingerprint density at radius 3 is 2.40 bits per heavy atom. The summed E-state index contributed by atoms with van der Waals surface area (Å²) in [6.45, 7) is 7.57. The zero-order chi connectivity index (χ0) is 20.9. The van der Waals surface area contributed by atoms with Crippen molar-refractivity contribution < 1.29 is 9.47 Å². The third kappa shape index (κ3) is 4.95. The van der Waals surface area contributed by atoms with E-state index >= 15 is 0 Å². The van der Waals surface area contributed by atoms with Gasteiger partial charge >= 0.3 is 0 Å². The van der Waals surface area contributed by atoms with Crippen LogP contribution in [0.4, 0.5) is 5.69 Å². The van der Waals surface area contributed by atoms with E-state index in [1.807, 2.05) is 36.4 Å². The fourth-order valence-electron chi connectivity index (χ4n) is 3.62. The summed E-state index contributed by atoms with van der Waals surface area (Å²) >= 11 is 7.77. The molecule has 3 aromatic rings. The SMILES string of the molecule is COc1ccc(-c2c(C)sc(=Nc3ccc(Cl)cc3)n2CCN2CCOCC2)cc1. The second-order valence-corrected chi connectivity index (χ2v) is 8.83. The van der Waals surface area contributed by atoms with Gasteiger partial charge in [0.2, 0.25) is 0 Å². The molecule has 1 aliphatic rings. The lowest BCUT2D eigenvalue weighted by Crippen LogP contribution is -2.39. The van der Waals surface area contributed by atoms with Gasteiger partial charge in [-0.15, -0.1) is 11.3 Å². The fraction of sp³-hybridized carbons (Fsp3) is 0.348. The smallest absolute Gasteiger partial charge is 0.190 e. The molecule has 158 valence electrons. The highest BCUT2D eigenvalue weighted by Gasteiger charge is 2.16. The monoisotopic (exact) mass is 443 g/mol. The standard InChI is InChI=1S/C23H26ClN3O2S/c1-17-22(18-3-9-21(28-2)10-4-18)27(12-11-26-13-15-29-16-14-26)23(30-17)25-20-7-5-19(24)6-8-20/h3-10H,11-16H2,1-2H3. The molecule has 0 saturated carbocycles. The molecular formula is C23H26ClN3O2S. The van der Waals surface area contributed by atoms with Crippen LogP contribution in [0, 0.1) is 6.92 Å². The Hall–Kier alpha value is -2.12. The molecule has 0 aliphatic carbocycles. The van der Waals surface area contributed by atoms with E-state index in [0.717, 1.165) is 60.7 Å². The number of halogens is 1. The van der Waals surface area contributed by atoms with Gasteiger partial charge in [0, 0.05) is 36.1 Å². The minimum Gasteiger partial charge on any atom is -0.497 e. The Labute approximate surface area is 186 Å². The van der Waals surface area contributed by atoms with Gasteiger partial charge in [-0.1, -0.05) is 11.6 Å². The van der Waals surface area contributed by atoms with Crippen LogP contribution < -0.4 is 9.54 Å². The van der Waals surface area contributed by atoms with Crippen molar-refractivity contribution in [2.75, 3.05) is 40.0 Å². The number of benzene rings is 2. The molecule has 1 saturated heterocycles. The summed E-state index contributed by atoms with van der Waals surface area (Å²) in [5.41, 5.74) is 3.29. The van der Waals surface area contributed by atoms with Crippen LogP contribution in [0.3, 0.4) is 0 Å². The Bertz CT molecular complexity index is 1040. The number of aromatic nitrogens is 1. The zero-order valence-electron chi connectivity index (χ0n) is 17.3. The van der Waals surface area contributed by atoms with Crippen LogP contribution in [0.25, 0.3) is 11.3 Å². The van der Waals surface area contributed by atoms with E-state index in [-0.39, 0.29) is 0 Å². The quantitative estimate of drug-likeness (QED) is 0.551. The van der Waals surface area contributed by atoms with Crippen LogP contribution in [0.1, 0.15) is 4.88 Å². The molecule has 2 aromatic carbocycles. The van der Waals surface area contributed by atoms with Gasteiger partial charge in [0.15, 0.2) is 4.80 Å². The molecule has 7 heteroatoms. The molecule has 1 aromatic heterocycles. The second kappa shape index (κ2) is 9.79. The van der Waals surface area contributed by atoms with Crippen molar-refractivity contribution >= 4 is 28.6 Å². The van der Waals surface area contributed by atoms with Crippen LogP contribution in [0.15, 0.2) is 53.5 Å². The van der Waals surface area contributed by atoms with Gasteiger partial charge in [0.25, 0.3) is 0 Å². The minimum atomic E-state index is 0.718. The predicted molar refractivity (Wildman–Crippen MR) is 123 cm³/mol. The average Bonchev–Trinajstić information content (AvgIpc) is 3.09. The third-order valence-electron chi connectivity index (χ3n) is 5.24.